The van der Waals surface area contributed by atoms with Crippen molar-refractivity contribution < 1.29 is 4.79 Å². The summed E-state index contributed by atoms with van der Waals surface area (Å²) in [6, 6.07) is 24.5. The van der Waals surface area contributed by atoms with E-state index in [0.717, 1.165) is 31.0 Å². The summed E-state index contributed by atoms with van der Waals surface area (Å²) in [7, 11) is 1.84. The number of hydrogen-bond donors (Lipinski definition) is 1. The zero-order valence-electron chi connectivity index (χ0n) is 16.7. The minimum atomic E-state index is 0.00671. The summed E-state index contributed by atoms with van der Waals surface area (Å²) in [5, 5.41) is 3.57. The van der Waals surface area contributed by atoms with Crippen LogP contribution in [0.15, 0.2) is 79.0 Å². The number of piperazine rings is 1. The Morgan fingerprint density at radius 1 is 1.10 bits per heavy atom. The highest BCUT2D eigenvalue weighted by Gasteiger charge is 2.22. The lowest BCUT2D eigenvalue weighted by molar-refractivity contribution is 0.0785. The molecule has 1 aliphatic rings. The fraction of sp³-hybridized carbons (Fsp3) is 0.250. The summed E-state index contributed by atoms with van der Waals surface area (Å²) in [6.07, 6.45) is 1.73. The molecule has 0 aliphatic carbocycles. The van der Waals surface area contributed by atoms with Gasteiger partial charge in [-0.3, -0.25) is 4.79 Å². The van der Waals surface area contributed by atoms with Gasteiger partial charge in [0.25, 0.3) is 5.91 Å². The Morgan fingerprint density at radius 3 is 2.59 bits per heavy atom. The van der Waals surface area contributed by atoms with E-state index in [-0.39, 0.29) is 11.9 Å². The van der Waals surface area contributed by atoms with E-state index in [9.17, 15) is 4.79 Å². The molecule has 1 fully saturated rings. The molecule has 3 aromatic rings. The maximum Gasteiger partial charge on any atom is 0.254 e. The van der Waals surface area contributed by atoms with Gasteiger partial charge in [-0.1, -0.05) is 60.7 Å². The molecule has 5 heteroatoms. The second-order valence-electron chi connectivity index (χ2n) is 7.41. The lowest BCUT2D eigenvalue weighted by atomic mass is 10.0. The Hall–Kier alpha value is -3.18. The molecule has 5 nitrogen and oxygen atoms in total. The van der Waals surface area contributed by atoms with Crippen molar-refractivity contribution in [1.29, 1.82) is 0 Å². The zero-order chi connectivity index (χ0) is 20.1. The Balaban J connectivity index is 1.47. The molecule has 0 spiro atoms. The number of benzene rings is 2. The van der Waals surface area contributed by atoms with Crippen molar-refractivity contribution >= 4 is 11.7 Å². The van der Waals surface area contributed by atoms with Crippen LogP contribution in [0.1, 0.15) is 27.5 Å². The average molecular weight is 386 g/mol. The normalized spacial score (nSPS) is 16.4. The number of nitrogens with zero attached hydrogens (tertiary/aromatic N) is 3. The van der Waals surface area contributed by atoms with Gasteiger partial charge in [0.15, 0.2) is 0 Å². The largest absolute Gasteiger partial charge is 0.353 e. The Kier molecular flexibility index (Phi) is 5.86. The van der Waals surface area contributed by atoms with Crippen LogP contribution < -0.4 is 10.2 Å². The van der Waals surface area contributed by atoms with Crippen LogP contribution in [0.5, 0.6) is 0 Å². The van der Waals surface area contributed by atoms with Crippen LogP contribution in [0.3, 0.4) is 0 Å². The monoisotopic (exact) mass is 386 g/mol. The highest BCUT2D eigenvalue weighted by Crippen LogP contribution is 2.22. The molecule has 4 rings (SSSR count). The number of pyridine rings is 1. The number of carbonyl (C=O) groups is 1. The third-order valence-electron chi connectivity index (χ3n) is 5.30. The van der Waals surface area contributed by atoms with Gasteiger partial charge in [0.1, 0.15) is 5.82 Å². The molecule has 29 heavy (non-hydrogen) atoms. The summed E-state index contributed by atoms with van der Waals surface area (Å²) in [6.45, 7) is 3.16. The van der Waals surface area contributed by atoms with E-state index in [4.69, 9.17) is 0 Å². The third kappa shape index (κ3) is 4.63. The fourth-order valence-corrected chi connectivity index (χ4v) is 3.74. The molecule has 0 bridgehead atoms. The second-order valence-corrected chi connectivity index (χ2v) is 7.41. The van der Waals surface area contributed by atoms with Crippen molar-refractivity contribution in [2.45, 2.75) is 12.6 Å². The third-order valence-corrected chi connectivity index (χ3v) is 5.30. The van der Waals surface area contributed by atoms with Crippen LogP contribution in [0.25, 0.3) is 0 Å². The van der Waals surface area contributed by atoms with Crippen LogP contribution in [-0.4, -0.2) is 42.5 Å². The van der Waals surface area contributed by atoms with Crippen LogP contribution >= 0.6 is 0 Å². The van der Waals surface area contributed by atoms with Gasteiger partial charge in [-0.05, 0) is 23.3 Å². The first-order valence-electron chi connectivity index (χ1n) is 9.99. The maximum atomic E-state index is 12.9. The van der Waals surface area contributed by atoms with E-state index in [1.807, 2.05) is 49.5 Å². The average Bonchev–Trinajstić information content (AvgIpc) is 2.80. The Morgan fingerprint density at radius 2 is 1.83 bits per heavy atom. The van der Waals surface area contributed by atoms with Crippen LogP contribution in [-0.2, 0) is 6.54 Å². The number of rotatable bonds is 5. The molecular weight excluding hydrogens is 360 g/mol. The number of aromatic nitrogens is 1. The van der Waals surface area contributed by atoms with Crippen LogP contribution in [0.4, 0.5) is 5.82 Å². The van der Waals surface area contributed by atoms with E-state index in [1.54, 1.807) is 17.2 Å². The van der Waals surface area contributed by atoms with E-state index in [1.165, 1.54) is 5.56 Å². The van der Waals surface area contributed by atoms with Crippen molar-refractivity contribution in [2.24, 2.45) is 0 Å². The van der Waals surface area contributed by atoms with E-state index >= 15 is 0 Å². The van der Waals surface area contributed by atoms with Gasteiger partial charge in [-0.25, -0.2) is 4.98 Å². The molecule has 1 saturated heterocycles. The lowest BCUT2D eigenvalue weighted by Crippen LogP contribution is -2.46. The second kappa shape index (κ2) is 8.88. The van der Waals surface area contributed by atoms with Gasteiger partial charge in [-0.15, -0.1) is 0 Å². The number of nitrogens with one attached hydrogen (secondary N) is 1. The quantitative estimate of drug-likeness (QED) is 0.729. The molecule has 0 unspecified atom stereocenters. The Labute approximate surface area is 172 Å². The summed E-state index contributed by atoms with van der Waals surface area (Å²) >= 11 is 0. The first-order chi connectivity index (χ1) is 14.2. The van der Waals surface area contributed by atoms with E-state index in [0.29, 0.717) is 12.1 Å². The van der Waals surface area contributed by atoms with Gasteiger partial charge >= 0.3 is 0 Å². The maximum absolute atomic E-state index is 12.9. The topological polar surface area (TPSA) is 48.5 Å². The number of amides is 1. The molecule has 1 aromatic heterocycles. The standard InChI is InChI=1S/C24H26N4O/c1-27(17-19-8-4-2-5-9-19)24(29)21-12-13-26-23(16-21)28-15-14-25-22(18-28)20-10-6-3-7-11-20/h2-13,16,22,25H,14-15,17-18H2,1H3/t22-/m0/s1. The highest BCUT2D eigenvalue weighted by molar-refractivity contribution is 5.94. The summed E-state index contributed by atoms with van der Waals surface area (Å²) < 4.78 is 0. The fourth-order valence-electron chi connectivity index (χ4n) is 3.74. The molecule has 0 radical (unpaired) electrons. The van der Waals surface area contributed by atoms with Gasteiger partial charge in [0.2, 0.25) is 0 Å². The molecule has 2 aromatic carbocycles. The molecule has 148 valence electrons. The molecule has 1 N–H and O–H groups in total. The predicted molar refractivity (Wildman–Crippen MR) is 116 cm³/mol. The van der Waals surface area contributed by atoms with Crippen molar-refractivity contribution in [2.75, 3.05) is 31.6 Å². The lowest BCUT2D eigenvalue weighted by Gasteiger charge is -2.35. The smallest absolute Gasteiger partial charge is 0.254 e. The summed E-state index contributed by atoms with van der Waals surface area (Å²) in [5.74, 6) is 0.860. The van der Waals surface area contributed by atoms with Crippen molar-refractivity contribution in [1.82, 2.24) is 15.2 Å². The van der Waals surface area contributed by atoms with Crippen LogP contribution in [0.2, 0.25) is 0 Å². The summed E-state index contributed by atoms with van der Waals surface area (Å²) in [4.78, 5) is 21.5. The number of hydrogen-bond acceptors (Lipinski definition) is 4. The van der Waals surface area contributed by atoms with E-state index < -0.39 is 0 Å². The molecule has 2 heterocycles. The molecule has 0 saturated carbocycles. The van der Waals surface area contributed by atoms with Crippen molar-refractivity contribution in [3.8, 4) is 0 Å². The van der Waals surface area contributed by atoms with Crippen molar-refractivity contribution in [3.63, 3.8) is 0 Å². The van der Waals surface area contributed by atoms with Crippen molar-refractivity contribution in [3.05, 3.63) is 95.7 Å². The first-order valence-corrected chi connectivity index (χ1v) is 9.99. The first kappa shape index (κ1) is 19.2. The number of carbonyl (C=O) groups excluding carboxylic acids is 1. The van der Waals surface area contributed by atoms with Gasteiger partial charge in [0, 0.05) is 51.0 Å². The molecule has 1 atom stereocenters. The van der Waals surface area contributed by atoms with Gasteiger partial charge in [-0.2, -0.15) is 0 Å². The predicted octanol–water partition coefficient (Wildman–Crippen LogP) is 3.50. The number of anilines is 1. The van der Waals surface area contributed by atoms with E-state index in [2.05, 4.69) is 39.5 Å². The molecular formula is C24H26N4O. The zero-order valence-corrected chi connectivity index (χ0v) is 16.7. The minimum Gasteiger partial charge on any atom is -0.353 e. The van der Waals surface area contributed by atoms with Gasteiger partial charge in [0.05, 0.1) is 0 Å². The molecule has 1 amide bonds. The Bertz CT molecular complexity index is 945. The van der Waals surface area contributed by atoms with Crippen LogP contribution in [0, 0.1) is 0 Å². The highest BCUT2D eigenvalue weighted by atomic mass is 16.2. The SMILES string of the molecule is CN(Cc1ccccc1)C(=O)c1ccnc(N2CCN[C@H](c3ccccc3)C2)c1. The summed E-state index contributed by atoms with van der Waals surface area (Å²) in [5.41, 5.74) is 3.06. The molecule has 1 aliphatic heterocycles. The van der Waals surface area contributed by atoms with Gasteiger partial charge < -0.3 is 15.1 Å². The minimum absolute atomic E-state index is 0.00671.